The van der Waals surface area contributed by atoms with Gasteiger partial charge in [0.25, 0.3) is 0 Å². The molecular weight excluding hydrogens is 214 g/mol. The van der Waals surface area contributed by atoms with Gasteiger partial charge in [-0.1, -0.05) is 31.2 Å². The lowest BCUT2D eigenvalue weighted by Crippen LogP contribution is -2.40. The highest BCUT2D eigenvalue weighted by atomic mass is 32.2. The van der Waals surface area contributed by atoms with Crippen molar-refractivity contribution in [2.45, 2.75) is 43.7 Å². The number of fused-ring (bicyclic) bond motifs is 1. The summed E-state index contributed by atoms with van der Waals surface area (Å²) in [5.41, 5.74) is 3.00. The first-order valence-electron chi connectivity index (χ1n) is 6.10. The predicted octanol–water partition coefficient (Wildman–Crippen LogP) is 3.75. The maximum atomic E-state index is 3.70. The van der Waals surface area contributed by atoms with E-state index in [1.807, 2.05) is 0 Å². The van der Waals surface area contributed by atoms with Gasteiger partial charge in [0.2, 0.25) is 0 Å². The molecule has 1 N–H and O–H groups in total. The second-order valence-electron chi connectivity index (χ2n) is 4.98. The summed E-state index contributed by atoms with van der Waals surface area (Å²) in [6.07, 6.45) is 1.19. The average Bonchev–Trinajstić information content (AvgIpc) is 2.27. The SMILES string of the molecule is CCCNC1c2ccccc2CSC1(C)C. The van der Waals surface area contributed by atoms with Crippen molar-refractivity contribution in [2.75, 3.05) is 6.54 Å². The number of thioether (sulfide) groups is 1. The van der Waals surface area contributed by atoms with Crippen molar-refractivity contribution >= 4 is 11.8 Å². The molecule has 0 spiro atoms. The Balaban J connectivity index is 2.30. The van der Waals surface area contributed by atoms with Crippen molar-refractivity contribution in [3.8, 4) is 0 Å². The molecule has 1 aromatic carbocycles. The van der Waals surface area contributed by atoms with Gasteiger partial charge in [0.05, 0.1) is 0 Å². The highest BCUT2D eigenvalue weighted by molar-refractivity contribution is 8.00. The molecular formula is C14H21NS. The molecule has 2 rings (SSSR count). The van der Waals surface area contributed by atoms with E-state index < -0.39 is 0 Å². The fourth-order valence-corrected chi connectivity index (χ4v) is 3.48. The number of hydrogen-bond donors (Lipinski definition) is 1. The van der Waals surface area contributed by atoms with Crippen molar-refractivity contribution in [3.05, 3.63) is 35.4 Å². The van der Waals surface area contributed by atoms with Crippen molar-refractivity contribution in [1.29, 1.82) is 0 Å². The van der Waals surface area contributed by atoms with E-state index in [2.05, 4.69) is 62.1 Å². The third-order valence-corrected chi connectivity index (χ3v) is 4.69. The van der Waals surface area contributed by atoms with Gasteiger partial charge in [0, 0.05) is 16.5 Å². The molecule has 1 atom stereocenters. The van der Waals surface area contributed by atoms with Crippen LogP contribution in [0.4, 0.5) is 0 Å². The third-order valence-electron chi connectivity index (χ3n) is 3.26. The summed E-state index contributed by atoms with van der Waals surface area (Å²) in [5.74, 6) is 1.15. The zero-order valence-electron chi connectivity index (χ0n) is 10.4. The van der Waals surface area contributed by atoms with Crippen LogP contribution in [0.3, 0.4) is 0 Å². The van der Waals surface area contributed by atoms with E-state index in [-0.39, 0.29) is 0 Å². The Bertz CT molecular complexity index is 360. The average molecular weight is 235 g/mol. The molecule has 0 amide bonds. The Hall–Kier alpha value is -0.470. The molecule has 1 aliphatic rings. The van der Waals surface area contributed by atoms with Gasteiger partial charge in [0.15, 0.2) is 0 Å². The van der Waals surface area contributed by atoms with Crippen LogP contribution < -0.4 is 5.32 Å². The summed E-state index contributed by atoms with van der Waals surface area (Å²) in [6.45, 7) is 8.02. The topological polar surface area (TPSA) is 12.0 Å². The van der Waals surface area contributed by atoms with Crippen molar-refractivity contribution < 1.29 is 0 Å². The van der Waals surface area contributed by atoms with E-state index in [4.69, 9.17) is 0 Å². The molecule has 0 aromatic heterocycles. The van der Waals surface area contributed by atoms with Crippen LogP contribution in [0.2, 0.25) is 0 Å². The van der Waals surface area contributed by atoms with Crippen LogP contribution >= 0.6 is 11.8 Å². The molecule has 0 radical (unpaired) electrons. The molecule has 88 valence electrons. The van der Waals surface area contributed by atoms with Gasteiger partial charge in [-0.3, -0.25) is 0 Å². The van der Waals surface area contributed by atoms with Crippen LogP contribution in [0.25, 0.3) is 0 Å². The maximum Gasteiger partial charge on any atom is 0.0467 e. The van der Waals surface area contributed by atoms with E-state index in [0.29, 0.717) is 10.8 Å². The fraction of sp³-hybridized carbons (Fsp3) is 0.571. The minimum absolute atomic E-state index is 0.295. The van der Waals surface area contributed by atoms with Crippen molar-refractivity contribution in [1.82, 2.24) is 5.32 Å². The first kappa shape index (κ1) is 12.0. The lowest BCUT2D eigenvalue weighted by Gasteiger charge is -2.40. The van der Waals surface area contributed by atoms with Gasteiger partial charge in [-0.05, 0) is 37.9 Å². The lowest BCUT2D eigenvalue weighted by molar-refractivity contribution is 0.439. The summed E-state index contributed by atoms with van der Waals surface area (Å²) >= 11 is 2.06. The molecule has 1 nitrogen and oxygen atoms in total. The summed E-state index contributed by atoms with van der Waals surface area (Å²) in [7, 11) is 0. The Morgan fingerprint density at radius 2 is 2.12 bits per heavy atom. The summed E-state index contributed by atoms with van der Waals surface area (Å²) in [5, 5.41) is 3.70. The van der Waals surface area contributed by atoms with Gasteiger partial charge in [-0.2, -0.15) is 0 Å². The minimum Gasteiger partial charge on any atom is -0.309 e. The quantitative estimate of drug-likeness (QED) is 0.856. The van der Waals surface area contributed by atoms with E-state index >= 15 is 0 Å². The highest BCUT2D eigenvalue weighted by Crippen LogP contribution is 2.45. The molecule has 0 fully saturated rings. The molecule has 1 aliphatic heterocycles. The molecule has 0 saturated carbocycles. The first-order valence-corrected chi connectivity index (χ1v) is 7.09. The molecule has 1 unspecified atom stereocenters. The van der Waals surface area contributed by atoms with Gasteiger partial charge < -0.3 is 5.32 Å². The Morgan fingerprint density at radius 3 is 2.88 bits per heavy atom. The second kappa shape index (κ2) is 4.80. The molecule has 0 aliphatic carbocycles. The van der Waals surface area contributed by atoms with Crippen LogP contribution in [0.15, 0.2) is 24.3 Å². The Labute approximate surface area is 103 Å². The molecule has 0 saturated heterocycles. The summed E-state index contributed by atoms with van der Waals surface area (Å²) in [4.78, 5) is 0. The van der Waals surface area contributed by atoms with Gasteiger partial charge in [0.1, 0.15) is 0 Å². The van der Waals surface area contributed by atoms with E-state index in [1.54, 1.807) is 0 Å². The predicted molar refractivity (Wildman–Crippen MR) is 72.9 cm³/mol. The fourth-order valence-electron chi connectivity index (χ4n) is 2.31. The zero-order chi connectivity index (χ0) is 11.6. The number of nitrogens with one attached hydrogen (secondary N) is 1. The van der Waals surface area contributed by atoms with Gasteiger partial charge in [-0.25, -0.2) is 0 Å². The van der Waals surface area contributed by atoms with Crippen LogP contribution in [-0.2, 0) is 5.75 Å². The Kier molecular flexibility index (Phi) is 3.60. The second-order valence-corrected chi connectivity index (χ2v) is 6.61. The standard InChI is InChI=1S/C14H21NS/c1-4-9-15-13-12-8-6-5-7-11(12)10-16-14(13,2)3/h5-8,13,15H,4,9-10H2,1-3H3. The van der Waals surface area contributed by atoms with Gasteiger partial charge in [-0.15, -0.1) is 11.8 Å². The zero-order valence-corrected chi connectivity index (χ0v) is 11.2. The van der Waals surface area contributed by atoms with Crippen molar-refractivity contribution in [2.24, 2.45) is 0 Å². The van der Waals surface area contributed by atoms with E-state index in [0.717, 1.165) is 12.3 Å². The smallest absolute Gasteiger partial charge is 0.0467 e. The molecule has 1 aromatic rings. The number of rotatable bonds is 3. The Morgan fingerprint density at radius 1 is 1.38 bits per heavy atom. The largest absolute Gasteiger partial charge is 0.309 e. The molecule has 1 heterocycles. The minimum atomic E-state index is 0.295. The molecule has 16 heavy (non-hydrogen) atoms. The van der Waals surface area contributed by atoms with Crippen LogP contribution in [0.1, 0.15) is 44.4 Å². The van der Waals surface area contributed by atoms with Crippen LogP contribution in [-0.4, -0.2) is 11.3 Å². The van der Waals surface area contributed by atoms with Crippen LogP contribution in [0, 0.1) is 0 Å². The van der Waals surface area contributed by atoms with Gasteiger partial charge >= 0.3 is 0 Å². The normalized spacial score (nSPS) is 22.8. The third kappa shape index (κ3) is 2.28. The highest BCUT2D eigenvalue weighted by Gasteiger charge is 2.35. The first-order chi connectivity index (χ1) is 7.65. The number of benzene rings is 1. The number of hydrogen-bond acceptors (Lipinski definition) is 2. The molecule has 0 bridgehead atoms. The van der Waals surface area contributed by atoms with Crippen LogP contribution in [0.5, 0.6) is 0 Å². The van der Waals surface area contributed by atoms with Crippen molar-refractivity contribution in [3.63, 3.8) is 0 Å². The maximum absolute atomic E-state index is 3.70. The monoisotopic (exact) mass is 235 g/mol. The lowest BCUT2D eigenvalue weighted by atomic mass is 9.91. The summed E-state index contributed by atoms with van der Waals surface area (Å²) in [6, 6.07) is 9.34. The summed E-state index contributed by atoms with van der Waals surface area (Å²) < 4.78 is 0.295. The van der Waals surface area contributed by atoms with E-state index in [1.165, 1.54) is 17.5 Å². The molecule has 2 heteroatoms. The van der Waals surface area contributed by atoms with E-state index in [9.17, 15) is 0 Å².